The van der Waals surface area contributed by atoms with E-state index in [1.54, 1.807) is 0 Å². The fraction of sp³-hybridized carbons (Fsp3) is 0.400. The minimum Gasteiger partial charge on any atom is -0.482 e. The van der Waals surface area contributed by atoms with Crippen LogP contribution in [0.25, 0.3) is 4.91 Å². The second-order valence-electron chi connectivity index (χ2n) is 8.31. The van der Waals surface area contributed by atoms with Gasteiger partial charge >= 0.3 is 5.97 Å². The first-order chi connectivity index (χ1) is 14.9. The van der Waals surface area contributed by atoms with Crippen molar-refractivity contribution in [3.8, 4) is 5.75 Å². The van der Waals surface area contributed by atoms with Gasteiger partial charge in [0.25, 0.3) is 0 Å². The summed E-state index contributed by atoms with van der Waals surface area (Å²) in [6.07, 6.45) is 4.40. The number of aryl methyl sites for hydroxylation is 1. The third kappa shape index (κ3) is 5.46. The highest BCUT2D eigenvalue weighted by atomic mass is 127. The van der Waals surface area contributed by atoms with Crippen molar-refractivity contribution >= 4 is 45.2 Å². The summed E-state index contributed by atoms with van der Waals surface area (Å²) in [6, 6.07) is 15.3. The Kier molecular flexibility index (Phi) is 7.29. The minimum absolute atomic E-state index is 0.297. The molecule has 0 fully saturated rings. The van der Waals surface area contributed by atoms with Crippen molar-refractivity contribution in [3.05, 3.63) is 70.8 Å². The summed E-state index contributed by atoms with van der Waals surface area (Å²) in [5.41, 5.74) is 5.25. The third-order valence-corrected chi connectivity index (χ3v) is 9.36. The first kappa shape index (κ1) is 22.7. The molecule has 2 aliphatic rings. The maximum atomic E-state index is 10.8. The van der Waals surface area contributed by atoms with Gasteiger partial charge in [0.2, 0.25) is 0 Å². The number of hydrogen-bond donors (Lipinski definition) is 1. The number of fused-ring (bicyclic) bond motifs is 1. The van der Waals surface area contributed by atoms with Crippen LogP contribution in [-0.4, -0.2) is 50.9 Å². The van der Waals surface area contributed by atoms with Gasteiger partial charge in [0, 0.05) is 33.2 Å². The summed E-state index contributed by atoms with van der Waals surface area (Å²) in [6.45, 7) is 6.26. The molecular formula is C25H28INO3S. The molecule has 0 saturated carbocycles. The molecule has 2 aromatic rings. The monoisotopic (exact) mass is 549 g/mol. The van der Waals surface area contributed by atoms with Crippen LogP contribution < -0.4 is 4.74 Å². The number of thioether (sulfide) groups is 1. The normalized spacial score (nSPS) is 22.4. The fourth-order valence-electron chi connectivity index (χ4n) is 4.31. The van der Waals surface area contributed by atoms with Gasteiger partial charge in [0.05, 0.1) is 0 Å². The highest BCUT2D eigenvalue weighted by molar-refractivity contribution is 14.1. The van der Waals surface area contributed by atoms with Gasteiger partial charge in [-0.15, -0.1) is 11.8 Å². The van der Waals surface area contributed by atoms with E-state index in [0.717, 1.165) is 25.9 Å². The predicted molar refractivity (Wildman–Crippen MR) is 136 cm³/mol. The average molecular weight is 549 g/mol. The molecule has 0 aliphatic carbocycles. The van der Waals surface area contributed by atoms with E-state index in [-0.39, 0.29) is 6.61 Å². The lowest BCUT2D eigenvalue weighted by molar-refractivity contribution is -0.139. The number of alkyl halides is 1. The predicted octanol–water partition coefficient (Wildman–Crippen LogP) is 5.21. The highest BCUT2D eigenvalue weighted by Gasteiger charge is 2.34. The largest absolute Gasteiger partial charge is 0.482 e. The van der Waals surface area contributed by atoms with E-state index in [4.69, 9.17) is 9.84 Å². The van der Waals surface area contributed by atoms with Crippen LogP contribution in [0.4, 0.5) is 0 Å². The topological polar surface area (TPSA) is 49.8 Å². The molecule has 3 atom stereocenters. The van der Waals surface area contributed by atoms with E-state index in [9.17, 15) is 4.79 Å². The summed E-state index contributed by atoms with van der Waals surface area (Å²) in [4.78, 5) is 14.8. The Labute approximate surface area is 202 Å². The number of halogens is 1. The molecule has 4 rings (SSSR count). The van der Waals surface area contributed by atoms with Crippen molar-refractivity contribution in [1.82, 2.24) is 4.90 Å². The van der Waals surface area contributed by atoms with E-state index in [0.29, 0.717) is 21.0 Å². The second-order valence-corrected chi connectivity index (χ2v) is 11.0. The highest BCUT2D eigenvalue weighted by Crippen LogP contribution is 2.45. The van der Waals surface area contributed by atoms with Crippen LogP contribution >= 0.6 is 34.4 Å². The molecular weight excluding hydrogens is 521 g/mol. The first-order valence-electron chi connectivity index (χ1n) is 10.7. The number of carbonyl (C=O) groups is 1. The molecule has 0 spiro atoms. The van der Waals surface area contributed by atoms with Gasteiger partial charge in [0.1, 0.15) is 5.75 Å². The molecule has 2 aromatic carbocycles. The van der Waals surface area contributed by atoms with Crippen LogP contribution in [0.1, 0.15) is 29.2 Å². The molecule has 2 heterocycles. The number of carboxylic acids is 1. The summed E-state index contributed by atoms with van der Waals surface area (Å²) < 4.78 is 5.89. The first-order valence-corrected chi connectivity index (χ1v) is 12.8. The molecule has 0 amide bonds. The number of hydrogen-bond acceptors (Lipinski definition) is 4. The molecule has 0 saturated heterocycles. The van der Waals surface area contributed by atoms with Gasteiger partial charge in [-0.2, -0.15) is 0 Å². The molecule has 164 valence electrons. The van der Waals surface area contributed by atoms with Crippen molar-refractivity contribution in [2.75, 3.05) is 19.7 Å². The van der Waals surface area contributed by atoms with Crippen molar-refractivity contribution in [1.29, 1.82) is 0 Å². The number of nitrogens with zero attached hydrogens (tertiary/aromatic N) is 1. The van der Waals surface area contributed by atoms with E-state index in [2.05, 4.69) is 77.7 Å². The molecule has 2 aliphatic heterocycles. The van der Waals surface area contributed by atoms with Gasteiger partial charge in [-0.25, -0.2) is 4.79 Å². The van der Waals surface area contributed by atoms with Gasteiger partial charge < -0.3 is 9.84 Å². The van der Waals surface area contributed by atoms with Gasteiger partial charge in [-0.1, -0.05) is 64.6 Å². The van der Waals surface area contributed by atoms with E-state index < -0.39 is 5.97 Å². The number of carboxylic acid groups (broad SMARTS) is 1. The van der Waals surface area contributed by atoms with Gasteiger partial charge in [-0.3, -0.25) is 4.90 Å². The zero-order valence-corrected chi connectivity index (χ0v) is 20.9. The lowest BCUT2D eigenvalue weighted by Crippen LogP contribution is -2.43. The summed E-state index contributed by atoms with van der Waals surface area (Å²) in [7, 11) is 0. The second kappa shape index (κ2) is 9.96. The smallest absolute Gasteiger partial charge is 0.341 e. The Morgan fingerprint density at radius 2 is 1.90 bits per heavy atom. The number of benzene rings is 2. The van der Waals surface area contributed by atoms with Crippen molar-refractivity contribution in [3.63, 3.8) is 0 Å². The molecule has 0 bridgehead atoms. The molecule has 4 nitrogen and oxygen atoms in total. The fourth-order valence-corrected chi connectivity index (χ4v) is 7.32. The van der Waals surface area contributed by atoms with E-state index >= 15 is 0 Å². The molecule has 3 unspecified atom stereocenters. The van der Waals surface area contributed by atoms with Crippen LogP contribution in [0.15, 0.2) is 48.5 Å². The number of aliphatic carboxylic acids is 1. The van der Waals surface area contributed by atoms with Crippen LogP contribution in [0.2, 0.25) is 0 Å². The lowest BCUT2D eigenvalue weighted by Gasteiger charge is -2.33. The third-order valence-electron chi connectivity index (χ3n) is 6.15. The number of allylic oxidation sites excluding steroid dienone is 1. The minimum atomic E-state index is -0.948. The summed E-state index contributed by atoms with van der Waals surface area (Å²) >= 11 is 4.61. The van der Waals surface area contributed by atoms with Crippen molar-refractivity contribution in [2.24, 2.45) is 0 Å². The lowest BCUT2D eigenvalue weighted by atomic mass is 10.0. The van der Waals surface area contributed by atoms with Crippen LogP contribution in [-0.2, 0) is 17.6 Å². The van der Waals surface area contributed by atoms with E-state index in [1.165, 1.54) is 27.2 Å². The van der Waals surface area contributed by atoms with Crippen LogP contribution in [0, 0.1) is 6.92 Å². The molecule has 1 N–H and O–H groups in total. The molecule has 31 heavy (non-hydrogen) atoms. The summed E-state index contributed by atoms with van der Waals surface area (Å²) in [5, 5.41) is 9.38. The zero-order chi connectivity index (χ0) is 22.0. The van der Waals surface area contributed by atoms with Gasteiger partial charge in [-0.05, 0) is 55.5 Å². The SMILES string of the molecule is Cc1ccc(C2=CC(I)C(C(C)N3CCc4ccc(OCC(=O)O)cc4CC3)S2)cc1. The quantitative estimate of drug-likeness (QED) is 0.396. The van der Waals surface area contributed by atoms with Crippen molar-refractivity contribution < 1.29 is 14.6 Å². The maximum Gasteiger partial charge on any atom is 0.341 e. The summed E-state index contributed by atoms with van der Waals surface area (Å²) in [5.74, 6) is -0.302. The Morgan fingerprint density at radius 3 is 2.61 bits per heavy atom. The number of ether oxygens (including phenoxy) is 1. The maximum absolute atomic E-state index is 10.8. The Morgan fingerprint density at radius 1 is 1.19 bits per heavy atom. The Balaban J connectivity index is 1.40. The average Bonchev–Trinajstić information content (AvgIpc) is 3.01. The van der Waals surface area contributed by atoms with Crippen molar-refractivity contribution in [2.45, 2.75) is 41.9 Å². The standard InChI is InChI=1S/C25H28INO3S/c1-16-3-5-19(6-4-16)23-14-22(26)25(31-23)17(2)27-11-9-18-7-8-21(30-15-24(28)29)13-20(18)10-12-27/h3-8,13-14,17,22,25H,9-12,15H2,1-2H3,(H,28,29). The number of rotatable bonds is 6. The molecule has 6 heteroatoms. The zero-order valence-electron chi connectivity index (χ0n) is 17.9. The Hall–Kier alpha value is -1.51. The van der Waals surface area contributed by atoms with E-state index in [1.807, 2.05) is 23.9 Å². The van der Waals surface area contributed by atoms with Gasteiger partial charge in [0.15, 0.2) is 6.61 Å². The molecule has 0 radical (unpaired) electrons. The molecule has 0 aromatic heterocycles. The van der Waals surface area contributed by atoms with Crippen LogP contribution in [0.5, 0.6) is 5.75 Å². The Bertz CT molecular complexity index is 975. The van der Waals surface area contributed by atoms with Crippen LogP contribution in [0.3, 0.4) is 0 Å².